The van der Waals surface area contributed by atoms with Gasteiger partial charge in [0.15, 0.2) is 0 Å². The van der Waals surface area contributed by atoms with Crippen molar-refractivity contribution in [1.29, 1.82) is 0 Å². The molecule has 0 aromatic carbocycles. The largest absolute Gasteiger partial charge is 0.265 e. The molecule has 0 aliphatic rings. The summed E-state index contributed by atoms with van der Waals surface area (Å²) in [5.74, 6) is 0. The minimum absolute atomic E-state index is 0. The standard InChI is InChI=1S/C5H5N.C4H4N2.C3H3N3.3C2H6.3CH4/c1-2-4-6-5-3-1;1-2-5-4-6-3-1;1-4-2-6-3-5-1;3*1-2;;;/h1-5H;1-4H;1-3H;3*1-2H3;3*1H4. The van der Waals surface area contributed by atoms with Gasteiger partial charge in [-0.25, -0.2) is 24.9 Å². The lowest BCUT2D eigenvalue weighted by molar-refractivity contribution is 1.05. The van der Waals surface area contributed by atoms with Crippen LogP contribution in [0.3, 0.4) is 0 Å². The molecule has 0 aliphatic carbocycles. The molecule has 0 unspecified atom stereocenters. The van der Waals surface area contributed by atoms with Crippen LogP contribution in [0.1, 0.15) is 63.8 Å². The van der Waals surface area contributed by atoms with Crippen molar-refractivity contribution >= 4 is 0 Å². The second-order valence-electron chi connectivity index (χ2n) is 2.72. The van der Waals surface area contributed by atoms with Crippen LogP contribution < -0.4 is 0 Å². The quantitative estimate of drug-likeness (QED) is 0.449. The lowest BCUT2D eigenvalue weighted by Gasteiger charge is -1.70. The second kappa shape index (κ2) is 49.5. The van der Waals surface area contributed by atoms with Gasteiger partial charge in [-0.05, 0) is 18.2 Å². The first kappa shape index (κ1) is 39.4. The summed E-state index contributed by atoms with van der Waals surface area (Å²) in [5, 5.41) is 0. The van der Waals surface area contributed by atoms with Gasteiger partial charge in [-0.1, -0.05) is 69.9 Å². The number of rotatable bonds is 0. The lowest BCUT2D eigenvalue weighted by atomic mass is 10.5. The Labute approximate surface area is 168 Å². The SMILES string of the molecule is C.C.C.CC.CC.CC.c1ccncc1.c1cncnc1.c1ncncn1. The van der Waals surface area contributed by atoms with E-state index in [0.717, 1.165) is 0 Å². The van der Waals surface area contributed by atoms with Crippen LogP contribution >= 0.6 is 0 Å². The highest BCUT2D eigenvalue weighted by Crippen LogP contribution is 1.73. The van der Waals surface area contributed by atoms with Gasteiger partial charge in [-0.3, -0.25) is 4.98 Å². The van der Waals surface area contributed by atoms with Crippen molar-refractivity contribution in [2.45, 2.75) is 63.8 Å². The molecular formula is C21H42N6. The van der Waals surface area contributed by atoms with Crippen molar-refractivity contribution in [2.75, 3.05) is 0 Å². The molecule has 6 nitrogen and oxygen atoms in total. The maximum Gasteiger partial charge on any atom is 0.119 e. The first-order chi connectivity index (χ1) is 12.0. The normalized spacial score (nSPS) is 6.00. The van der Waals surface area contributed by atoms with Crippen LogP contribution in [0, 0.1) is 0 Å². The Balaban J connectivity index is -0.0000000513. The highest BCUT2D eigenvalue weighted by molar-refractivity contribution is 4.88. The molecule has 0 amide bonds. The number of aromatic nitrogens is 6. The molecule has 0 radical (unpaired) electrons. The molecule has 0 fully saturated rings. The van der Waals surface area contributed by atoms with Gasteiger partial charge >= 0.3 is 0 Å². The van der Waals surface area contributed by atoms with Gasteiger partial charge in [0.2, 0.25) is 0 Å². The van der Waals surface area contributed by atoms with E-state index < -0.39 is 0 Å². The summed E-state index contributed by atoms with van der Waals surface area (Å²) in [4.78, 5) is 21.8. The average molecular weight is 379 g/mol. The lowest BCUT2D eigenvalue weighted by Crippen LogP contribution is -1.73. The van der Waals surface area contributed by atoms with E-state index in [1.54, 1.807) is 30.9 Å². The smallest absolute Gasteiger partial charge is 0.119 e. The highest BCUT2D eigenvalue weighted by Gasteiger charge is 1.60. The number of pyridine rings is 1. The molecule has 0 saturated heterocycles. The summed E-state index contributed by atoms with van der Waals surface area (Å²) in [7, 11) is 0. The summed E-state index contributed by atoms with van der Waals surface area (Å²) < 4.78 is 0. The zero-order valence-corrected chi connectivity index (χ0v) is 15.6. The van der Waals surface area contributed by atoms with E-state index in [1.165, 1.54) is 25.3 Å². The van der Waals surface area contributed by atoms with Crippen LogP contribution in [0.2, 0.25) is 0 Å². The van der Waals surface area contributed by atoms with Crippen molar-refractivity contribution in [3.8, 4) is 0 Å². The molecule has 27 heavy (non-hydrogen) atoms. The van der Waals surface area contributed by atoms with E-state index in [0.29, 0.717) is 0 Å². The molecule has 0 N–H and O–H groups in total. The molecule has 0 bridgehead atoms. The number of hydrogen-bond acceptors (Lipinski definition) is 6. The predicted octanol–water partition coefficient (Wildman–Crippen LogP) is 6.42. The number of hydrogen-bond donors (Lipinski definition) is 0. The van der Waals surface area contributed by atoms with Gasteiger partial charge in [-0.15, -0.1) is 0 Å². The van der Waals surface area contributed by atoms with Crippen LogP contribution in [-0.4, -0.2) is 29.9 Å². The minimum atomic E-state index is 0. The monoisotopic (exact) mass is 378 g/mol. The van der Waals surface area contributed by atoms with Crippen molar-refractivity contribution in [1.82, 2.24) is 29.9 Å². The fraction of sp³-hybridized carbons (Fsp3) is 0.429. The van der Waals surface area contributed by atoms with Crippen molar-refractivity contribution < 1.29 is 0 Å². The third kappa shape index (κ3) is 45.1. The van der Waals surface area contributed by atoms with Crippen LogP contribution in [-0.2, 0) is 0 Å². The highest BCUT2D eigenvalue weighted by atomic mass is 14.9. The van der Waals surface area contributed by atoms with Gasteiger partial charge in [0.1, 0.15) is 25.3 Å². The molecule has 0 saturated carbocycles. The van der Waals surface area contributed by atoms with Crippen LogP contribution in [0.4, 0.5) is 0 Å². The number of nitrogens with zero attached hydrogens (tertiary/aromatic N) is 6. The Morgan fingerprint density at radius 3 is 0.741 bits per heavy atom. The van der Waals surface area contributed by atoms with Crippen molar-refractivity contribution in [3.63, 3.8) is 0 Å². The molecular weight excluding hydrogens is 336 g/mol. The minimum Gasteiger partial charge on any atom is -0.265 e. The topological polar surface area (TPSA) is 77.3 Å². The maximum absolute atomic E-state index is 3.78. The van der Waals surface area contributed by atoms with E-state index in [4.69, 9.17) is 0 Å². The molecule has 0 aliphatic heterocycles. The van der Waals surface area contributed by atoms with E-state index in [9.17, 15) is 0 Å². The van der Waals surface area contributed by atoms with Crippen LogP contribution in [0.25, 0.3) is 0 Å². The van der Waals surface area contributed by atoms with Gasteiger partial charge < -0.3 is 0 Å². The second-order valence-corrected chi connectivity index (χ2v) is 2.72. The van der Waals surface area contributed by atoms with E-state index in [1.807, 2.05) is 59.7 Å². The summed E-state index contributed by atoms with van der Waals surface area (Å²) in [6.45, 7) is 12.0. The third-order valence-corrected chi connectivity index (χ3v) is 1.44. The predicted molar refractivity (Wildman–Crippen MR) is 120 cm³/mol. The first-order valence-corrected chi connectivity index (χ1v) is 8.10. The molecule has 3 aromatic heterocycles. The van der Waals surface area contributed by atoms with Gasteiger partial charge in [-0.2, -0.15) is 0 Å². The first-order valence-electron chi connectivity index (χ1n) is 8.10. The fourth-order valence-corrected chi connectivity index (χ4v) is 0.771. The maximum atomic E-state index is 3.78. The Bertz CT molecular complexity index is 311. The molecule has 3 rings (SSSR count). The average Bonchev–Trinajstić information content (AvgIpc) is 2.77. The molecule has 3 aromatic rings. The summed E-state index contributed by atoms with van der Waals surface area (Å²) in [6.07, 6.45) is 12.7. The van der Waals surface area contributed by atoms with Gasteiger partial charge in [0, 0.05) is 24.8 Å². The van der Waals surface area contributed by atoms with E-state index in [2.05, 4.69) is 29.9 Å². The van der Waals surface area contributed by atoms with E-state index in [-0.39, 0.29) is 22.3 Å². The molecule has 6 heteroatoms. The summed E-state index contributed by atoms with van der Waals surface area (Å²) >= 11 is 0. The zero-order chi connectivity index (χ0) is 18.7. The molecule has 0 atom stereocenters. The Kier molecular flexibility index (Phi) is 72.1. The fourth-order valence-electron chi connectivity index (χ4n) is 0.771. The Morgan fingerprint density at radius 2 is 0.630 bits per heavy atom. The third-order valence-electron chi connectivity index (χ3n) is 1.44. The van der Waals surface area contributed by atoms with Crippen molar-refractivity contribution in [2.24, 2.45) is 0 Å². The Morgan fingerprint density at radius 1 is 0.333 bits per heavy atom. The summed E-state index contributed by atoms with van der Waals surface area (Å²) in [5.41, 5.74) is 0. The molecule has 3 heterocycles. The molecule has 0 spiro atoms. The Hall–Kier alpha value is -2.76. The molecule has 156 valence electrons. The van der Waals surface area contributed by atoms with Gasteiger partial charge in [0.25, 0.3) is 0 Å². The van der Waals surface area contributed by atoms with Gasteiger partial charge in [0.05, 0.1) is 0 Å². The van der Waals surface area contributed by atoms with Crippen LogP contribution in [0.5, 0.6) is 0 Å². The summed E-state index contributed by atoms with van der Waals surface area (Å²) in [6, 6.07) is 7.49. The van der Waals surface area contributed by atoms with Crippen molar-refractivity contribution in [3.05, 3.63) is 74.4 Å². The zero-order valence-electron chi connectivity index (χ0n) is 15.6. The van der Waals surface area contributed by atoms with E-state index >= 15 is 0 Å². The van der Waals surface area contributed by atoms with Crippen LogP contribution in [0.15, 0.2) is 74.4 Å².